The summed E-state index contributed by atoms with van der Waals surface area (Å²) in [7, 11) is 4.34. The number of hydrogen-bond acceptors (Lipinski definition) is 3. The highest BCUT2D eigenvalue weighted by Crippen LogP contribution is 2.23. The molecule has 0 aliphatic rings. The Morgan fingerprint density at radius 2 is 1.58 bits per heavy atom. The van der Waals surface area contributed by atoms with Crippen molar-refractivity contribution in [1.29, 1.82) is 0 Å². The third kappa shape index (κ3) is 9.50. The fraction of sp³-hybridized carbons (Fsp3) is 0.684. The Morgan fingerprint density at radius 3 is 2.21 bits per heavy atom. The van der Waals surface area contributed by atoms with Crippen LogP contribution in [0.25, 0.3) is 0 Å². The monoisotopic (exact) mass is 399 g/mol. The smallest absolute Gasteiger partial charge is 0.187 e. The van der Waals surface area contributed by atoms with Gasteiger partial charge >= 0.3 is 0 Å². The molecule has 0 fully saturated rings. The molecule has 0 aromatic heterocycles. The van der Waals surface area contributed by atoms with Gasteiger partial charge in [0.25, 0.3) is 0 Å². The van der Waals surface area contributed by atoms with Crippen LogP contribution in [0.5, 0.6) is 0 Å². The summed E-state index contributed by atoms with van der Waals surface area (Å²) in [5.41, 5.74) is 2.15. The van der Waals surface area contributed by atoms with Crippen LogP contribution in [0.1, 0.15) is 52.4 Å². The van der Waals surface area contributed by atoms with E-state index in [0.29, 0.717) is 6.73 Å². The maximum atomic E-state index is 5.85. The van der Waals surface area contributed by atoms with Crippen LogP contribution in [-0.2, 0) is 4.74 Å². The highest BCUT2D eigenvalue weighted by atomic mass is 79.9. The van der Waals surface area contributed by atoms with Crippen LogP contribution < -0.4 is 21.5 Å². The Labute approximate surface area is 158 Å². The minimum Gasteiger partial charge on any atom is -1.00 e. The summed E-state index contributed by atoms with van der Waals surface area (Å²) in [5, 5.41) is 8.46. The van der Waals surface area contributed by atoms with Crippen molar-refractivity contribution in [2.75, 3.05) is 34.0 Å². The Kier molecular flexibility index (Phi) is 13.1. The topological polar surface area (TPSA) is 34.0 Å². The van der Waals surface area contributed by atoms with Crippen molar-refractivity contribution in [3.05, 3.63) is 24.3 Å². The number of nitrogens with zero attached hydrogens (tertiary/aromatic N) is 3. The van der Waals surface area contributed by atoms with E-state index in [1.807, 2.05) is 12.1 Å². The third-order valence-electron chi connectivity index (χ3n) is 3.90. The summed E-state index contributed by atoms with van der Waals surface area (Å²) in [6.45, 7) is 6.75. The molecular weight excluding hydrogens is 366 g/mol. The second-order valence-corrected chi connectivity index (χ2v) is 6.62. The molecule has 4 nitrogen and oxygen atoms in total. The van der Waals surface area contributed by atoms with Crippen molar-refractivity contribution in [2.45, 2.75) is 52.4 Å². The van der Waals surface area contributed by atoms with Crippen LogP contribution in [0.3, 0.4) is 0 Å². The fourth-order valence-corrected chi connectivity index (χ4v) is 2.28. The van der Waals surface area contributed by atoms with E-state index < -0.39 is 0 Å². The average Bonchev–Trinajstić information content (AvgIpc) is 2.55. The van der Waals surface area contributed by atoms with E-state index in [9.17, 15) is 0 Å². The number of hydrogen-bond donors (Lipinski definition) is 0. The Balaban J connectivity index is 0.00000529. The lowest BCUT2D eigenvalue weighted by Gasteiger charge is -2.28. The molecule has 0 aliphatic carbocycles. The summed E-state index contributed by atoms with van der Waals surface area (Å²) < 4.78 is 6.57. The first-order valence-electron chi connectivity index (χ1n) is 8.99. The van der Waals surface area contributed by atoms with Crippen molar-refractivity contribution in [2.24, 2.45) is 10.2 Å². The summed E-state index contributed by atoms with van der Waals surface area (Å²) in [5.74, 6) is 0. The van der Waals surface area contributed by atoms with Crippen LogP contribution in [-0.4, -0.2) is 34.0 Å². The van der Waals surface area contributed by atoms with Crippen molar-refractivity contribution in [3.8, 4) is 0 Å². The number of unbranched alkanes of at least 4 members (excludes halogenated alkanes) is 4. The summed E-state index contributed by atoms with van der Waals surface area (Å²) in [6.07, 6.45) is 7.25. The van der Waals surface area contributed by atoms with E-state index >= 15 is 0 Å². The highest BCUT2D eigenvalue weighted by Gasteiger charge is 2.18. The third-order valence-corrected chi connectivity index (χ3v) is 3.90. The van der Waals surface area contributed by atoms with Gasteiger partial charge in [-0.3, -0.25) is 4.48 Å². The predicted molar refractivity (Wildman–Crippen MR) is 99.3 cm³/mol. The predicted octanol–water partition coefficient (Wildman–Crippen LogP) is 2.70. The Morgan fingerprint density at radius 1 is 0.917 bits per heavy atom. The molecule has 0 spiro atoms. The molecule has 1 aromatic rings. The molecule has 24 heavy (non-hydrogen) atoms. The van der Waals surface area contributed by atoms with Gasteiger partial charge in [0, 0.05) is 12.1 Å². The maximum Gasteiger partial charge on any atom is 0.187 e. The average molecular weight is 400 g/mol. The van der Waals surface area contributed by atoms with Gasteiger partial charge in [-0.2, -0.15) is 10.2 Å². The first-order valence-corrected chi connectivity index (χ1v) is 8.99. The molecule has 0 bridgehead atoms. The first kappa shape index (κ1) is 23.2. The van der Waals surface area contributed by atoms with E-state index in [0.717, 1.165) is 42.6 Å². The second-order valence-electron chi connectivity index (χ2n) is 6.62. The van der Waals surface area contributed by atoms with Gasteiger partial charge < -0.3 is 21.7 Å². The van der Waals surface area contributed by atoms with Gasteiger partial charge in [0.2, 0.25) is 0 Å². The number of halogens is 1. The van der Waals surface area contributed by atoms with E-state index in [4.69, 9.17) is 4.74 Å². The van der Waals surface area contributed by atoms with Gasteiger partial charge in [-0.05, 0) is 25.0 Å². The zero-order chi connectivity index (χ0) is 17.0. The van der Waals surface area contributed by atoms with Crippen LogP contribution in [0.4, 0.5) is 11.4 Å². The minimum absolute atomic E-state index is 0. The molecule has 0 aliphatic heterocycles. The van der Waals surface area contributed by atoms with Crippen LogP contribution in [0.15, 0.2) is 34.5 Å². The number of rotatable bonds is 12. The van der Waals surface area contributed by atoms with Gasteiger partial charge in [0.15, 0.2) is 6.73 Å². The number of azo groups is 1. The molecule has 138 valence electrons. The van der Waals surface area contributed by atoms with E-state index in [1.165, 1.54) is 24.9 Å². The van der Waals surface area contributed by atoms with Gasteiger partial charge in [0.05, 0.1) is 32.9 Å². The van der Waals surface area contributed by atoms with Crippen molar-refractivity contribution in [1.82, 2.24) is 4.48 Å². The lowest BCUT2D eigenvalue weighted by atomic mass is 10.2. The number of quaternary nitrogens is 1. The number of benzene rings is 1. The molecular formula is C19H34BrN3O. The van der Waals surface area contributed by atoms with Crippen molar-refractivity contribution in [3.63, 3.8) is 0 Å². The minimum atomic E-state index is 0. The molecule has 0 heterocycles. The first-order chi connectivity index (χ1) is 11.1. The largest absolute Gasteiger partial charge is 1.00 e. The van der Waals surface area contributed by atoms with Crippen molar-refractivity contribution < 1.29 is 21.7 Å². The van der Waals surface area contributed by atoms with Crippen molar-refractivity contribution >= 4 is 11.4 Å². The molecule has 0 saturated heterocycles. The number of ether oxygens (including phenoxy) is 1. The van der Waals surface area contributed by atoms with Gasteiger partial charge in [0.1, 0.15) is 5.69 Å². The van der Waals surface area contributed by atoms with Gasteiger partial charge in [-0.15, -0.1) is 0 Å². The van der Waals surface area contributed by atoms with E-state index in [2.05, 4.69) is 50.3 Å². The molecule has 0 saturated carbocycles. The van der Waals surface area contributed by atoms with Gasteiger partial charge in [-0.1, -0.05) is 39.5 Å². The van der Waals surface area contributed by atoms with Crippen LogP contribution >= 0.6 is 0 Å². The van der Waals surface area contributed by atoms with Crippen LogP contribution in [0.2, 0.25) is 0 Å². The molecule has 0 atom stereocenters. The highest BCUT2D eigenvalue weighted by molar-refractivity contribution is 5.49. The normalized spacial score (nSPS) is 11.7. The molecule has 5 heteroatoms. The zero-order valence-corrected chi connectivity index (χ0v) is 17.4. The maximum absolute atomic E-state index is 5.85. The summed E-state index contributed by atoms with van der Waals surface area (Å²) in [6, 6.07) is 8.31. The Bertz CT molecular complexity index is 446. The lowest BCUT2D eigenvalue weighted by Crippen LogP contribution is -3.00. The van der Waals surface area contributed by atoms with Gasteiger partial charge in [-0.25, -0.2) is 0 Å². The van der Waals surface area contributed by atoms with E-state index in [1.54, 1.807) is 0 Å². The molecule has 0 amide bonds. The molecule has 0 N–H and O–H groups in total. The zero-order valence-electron chi connectivity index (χ0n) is 15.8. The molecule has 1 aromatic carbocycles. The molecule has 1 rings (SSSR count). The van der Waals surface area contributed by atoms with E-state index in [-0.39, 0.29) is 17.0 Å². The quantitative estimate of drug-likeness (QED) is 0.230. The Hall–Kier alpha value is -0.780. The summed E-state index contributed by atoms with van der Waals surface area (Å²) in [4.78, 5) is 0. The standard InChI is InChI=1S/C19H34N3O.BrH/c1-5-7-9-10-16-23-17-22(3,4)19-13-11-18(12-14-19)21-20-15-8-6-2;/h11-14H,5-10,15-17H2,1-4H3;1H/q+1;/p-1. The molecule has 0 unspecified atom stereocenters. The SMILES string of the molecule is CCCCCCOC[N+](C)(C)c1ccc(N=NCCCC)cc1.[Br-]. The second kappa shape index (κ2) is 13.5. The fourth-order valence-electron chi connectivity index (χ4n) is 2.28. The van der Waals surface area contributed by atoms with Crippen LogP contribution in [0, 0.1) is 0 Å². The lowest BCUT2D eigenvalue weighted by molar-refractivity contribution is -0.00000566. The molecule has 0 radical (unpaired) electrons. The summed E-state index contributed by atoms with van der Waals surface area (Å²) >= 11 is 0.